The van der Waals surface area contributed by atoms with Gasteiger partial charge in [-0.05, 0) is 136 Å². The van der Waals surface area contributed by atoms with E-state index in [-0.39, 0.29) is 108 Å². The molecule has 2 rings (SSSR count). The van der Waals surface area contributed by atoms with Gasteiger partial charge in [0.2, 0.25) is 11.8 Å². The molecule has 0 aliphatic carbocycles. The molecule has 26 heteroatoms. The summed E-state index contributed by atoms with van der Waals surface area (Å²) in [5.74, 6) is -4.36. The Kier molecular flexibility index (Phi) is 24.6. The zero-order valence-corrected chi connectivity index (χ0v) is 42.9. The van der Waals surface area contributed by atoms with Gasteiger partial charge in [-0.2, -0.15) is 0 Å². The lowest BCUT2D eigenvalue weighted by atomic mass is 10.1. The highest BCUT2D eigenvalue weighted by molar-refractivity contribution is 14.1. The molecular formula is C32H39I6N7O13. The summed E-state index contributed by atoms with van der Waals surface area (Å²) in [7, 11) is 0. The minimum atomic E-state index is -1.66. The van der Waals surface area contributed by atoms with Crippen LogP contribution in [0, 0.1) is 21.4 Å². The van der Waals surface area contributed by atoms with Crippen LogP contribution in [0.15, 0.2) is 0 Å². The molecule has 2 aromatic carbocycles. The Morgan fingerprint density at radius 3 is 0.966 bits per heavy atom. The van der Waals surface area contributed by atoms with E-state index in [1.165, 1.54) is 0 Å². The molecule has 0 heterocycles. The van der Waals surface area contributed by atoms with Crippen molar-refractivity contribution < 1.29 is 64.5 Å². The number of halogens is 6. The Labute approximate surface area is 413 Å². The standard InChI is InChI=1S/C32H39I6N7O13/c33-21-17(29(55)39-1-5-46)23(35)27(24(36)18(21)30(56)40-2-6-47)43-15(53)9-45(13(11-50)14(52)12-51)10-16(54)44-28-25(37)19(31(57)41-3-7-48)22(34)20(26(28)38)32(58)42-4-8-49/h13-14,46-52H,1-12H2,(H,39,55)(H,40,56)(H,41,57)(H,42,58)(H,43,53)(H,44,54). The van der Waals surface area contributed by atoms with Crippen LogP contribution in [0.4, 0.5) is 11.4 Å². The molecule has 0 saturated heterocycles. The van der Waals surface area contributed by atoms with Gasteiger partial charge in [0.1, 0.15) is 0 Å². The highest BCUT2D eigenvalue weighted by Crippen LogP contribution is 2.37. The summed E-state index contributed by atoms with van der Waals surface area (Å²) < 4.78 is 1.23. The number of aliphatic hydroxyl groups is 7. The summed E-state index contributed by atoms with van der Waals surface area (Å²) in [5.41, 5.74) is 0.0186. The third-order valence-corrected chi connectivity index (χ3v) is 14.1. The average molecular weight is 1490 g/mol. The Morgan fingerprint density at radius 2 is 0.741 bits per heavy atom. The molecule has 0 fully saturated rings. The minimum Gasteiger partial charge on any atom is -0.395 e. The second-order valence-corrected chi connectivity index (χ2v) is 18.0. The number of benzene rings is 2. The molecule has 0 aliphatic heterocycles. The molecular weight excluding hydrogens is 1450 g/mol. The second-order valence-electron chi connectivity index (χ2n) is 11.6. The number of amides is 6. The van der Waals surface area contributed by atoms with Crippen molar-refractivity contribution in [2.75, 3.05) is 89.5 Å². The van der Waals surface area contributed by atoms with E-state index in [0.29, 0.717) is 0 Å². The van der Waals surface area contributed by atoms with Gasteiger partial charge >= 0.3 is 0 Å². The van der Waals surface area contributed by atoms with Crippen LogP contribution in [0.25, 0.3) is 0 Å². The number of hydrogen-bond donors (Lipinski definition) is 13. The van der Waals surface area contributed by atoms with Gasteiger partial charge < -0.3 is 67.6 Å². The van der Waals surface area contributed by atoms with E-state index < -0.39 is 73.9 Å². The van der Waals surface area contributed by atoms with Crippen molar-refractivity contribution in [1.82, 2.24) is 26.2 Å². The van der Waals surface area contributed by atoms with Crippen LogP contribution in [0.3, 0.4) is 0 Å². The molecule has 2 atom stereocenters. The number of anilines is 2. The topological polar surface area (TPSA) is 319 Å². The van der Waals surface area contributed by atoms with Crippen LogP contribution in [0.5, 0.6) is 0 Å². The smallest absolute Gasteiger partial charge is 0.253 e. The zero-order valence-electron chi connectivity index (χ0n) is 29.9. The van der Waals surface area contributed by atoms with E-state index in [1.807, 2.05) is 90.4 Å². The van der Waals surface area contributed by atoms with E-state index in [2.05, 4.69) is 31.9 Å². The van der Waals surface area contributed by atoms with Gasteiger partial charge in [0.15, 0.2) is 0 Å². The van der Waals surface area contributed by atoms with E-state index in [1.54, 1.807) is 45.2 Å². The molecule has 0 aliphatic rings. The summed E-state index contributed by atoms with van der Waals surface area (Å²) in [6, 6.07) is -1.40. The van der Waals surface area contributed by atoms with Gasteiger partial charge in [-0.3, -0.25) is 33.7 Å². The highest BCUT2D eigenvalue weighted by Gasteiger charge is 2.33. The van der Waals surface area contributed by atoms with Crippen LogP contribution in [0.2, 0.25) is 0 Å². The van der Waals surface area contributed by atoms with Gasteiger partial charge in [-0.25, -0.2) is 0 Å². The average Bonchev–Trinajstić information content (AvgIpc) is 3.17. The monoisotopic (exact) mass is 1490 g/mol. The summed E-state index contributed by atoms with van der Waals surface area (Å²) in [6.07, 6.45) is -1.66. The van der Waals surface area contributed by atoms with Gasteiger partial charge in [-0.15, -0.1) is 0 Å². The number of rotatable bonds is 22. The maximum absolute atomic E-state index is 13.8. The van der Waals surface area contributed by atoms with Gasteiger partial charge in [0.05, 0.1) is 113 Å². The van der Waals surface area contributed by atoms with Crippen LogP contribution >= 0.6 is 136 Å². The Morgan fingerprint density at radius 1 is 0.466 bits per heavy atom. The molecule has 6 amide bonds. The molecule has 13 N–H and O–H groups in total. The molecule has 58 heavy (non-hydrogen) atoms. The van der Waals surface area contributed by atoms with Crippen LogP contribution < -0.4 is 31.9 Å². The number of carbonyl (C=O) groups excluding carboxylic acids is 6. The highest BCUT2D eigenvalue weighted by atomic mass is 127. The van der Waals surface area contributed by atoms with Gasteiger partial charge in [0.25, 0.3) is 23.6 Å². The summed E-state index contributed by atoms with van der Waals surface area (Å²) in [5, 5.41) is 83.2. The van der Waals surface area contributed by atoms with Gasteiger partial charge in [-0.1, -0.05) is 0 Å². The lowest BCUT2D eigenvalue weighted by molar-refractivity contribution is -0.123. The van der Waals surface area contributed by atoms with Crippen molar-refractivity contribution in [3.63, 3.8) is 0 Å². The van der Waals surface area contributed by atoms with Crippen LogP contribution in [0.1, 0.15) is 41.4 Å². The van der Waals surface area contributed by atoms with E-state index in [4.69, 9.17) is 0 Å². The fourth-order valence-electron chi connectivity index (χ4n) is 5.00. The second kappa shape index (κ2) is 26.7. The Bertz CT molecular complexity index is 1640. The third-order valence-electron chi connectivity index (χ3n) is 7.64. The minimum absolute atomic E-state index is 0.00441. The molecule has 2 aromatic rings. The first kappa shape index (κ1) is 53.5. The SMILES string of the molecule is O=C(CN(CC(=O)Nc1c(I)c(C(=O)NCCO)c(I)c(C(=O)NCCO)c1I)C(CO)C(O)CO)Nc1c(I)c(C(=O)NCCO)c(I)c(C(=O)NCCO)c1I. The first-order valence-corrected chi connectivity index (χ1v) is 23.1. The number of aliphatic hydroxyl groups excluding tert-OH is 7. The number of carbonyl (C=O) groups is 6. The number of hydrogen-bond acceptors (Lipinski definition) is 14. The van der Waals surface area contributed by atoms with Crippen LogP contribution in [-0.4, -0.2) is 167 Å². The van der Waals surface area contributed by atoms with Crippen molar-refractivity contribution in [2.24, 2.45) is 0 Å². The summed E-state index contributed by atoms with van der Waals surface area (Å²) in [4.78, 5) is 81.6. The molecule has 0 aromatic heterocycles. The van der Waals surface area contributed by atoms with Crippen molar-refractivity contribution >= 4 is 182 Å². The summed E-state index contributed by atoms with van der Waals surface area (Å²) in [6.45, 7) is -5.12. The molecule has 2 unspecified atom stereocenters. The molecule has 0 saturated carbocycles. The molecule has 0 radical (unpaired) electrons. The normalized spacial score (nSPS) is 12.1. The maximum Gasteiger partial charge on any atom is 0.253 e. The van der Waals surface area contributed by atoms with E-state index in [9.17, 15) is 64.5 Å². The Hall–Kier alpha value is -0.680. The van der Waals surface area contributed by atoms with Crippen molar-refractivity contribution in [3.8, 4) is 0 Å². The van der Waals surface area contributed by atoms with Crippen molar-refractivity contribution in [2.45, 2.75) is 12.1 Å². The largest absolute Gasteiger partial charge is 0.395 e. The molecule has 0 bridgehead atoms. The lowest BCUT2D eigenvalue weighted by Gasteiger charge is -2.32. The number of nitrogens with one attached hydrogen (secondary N) is 6. The molecule has 20 nitrogen and oxygen atoms in total. The first-order valence-electron chi connectivity index (χ1n) is 16.7. The predicted octanol–water partition coefficient (Wildman–Crippen LogP) is -1.20. The fourth-order valence-corrected chi connectivity index (χ4v) is 13.8. The van der Waals surface area contributed by atoms with Crippen molar-refractivity contribution in [3.05, 3.63) is 43.7 Å². The van der Waals surface area contributed by atoms with Gasteiger partial charge in [0, 0.05) is 33.3 Å². The third kappa shape index (κ3) is 14.2. The van der Waals surface area contributed by atoms with E-state index in [0.717, 1.165) is 4.90 Å². The number of nitrogens with zero attached hydrogens (tertiary/aromatic N) is 1. The lowest BCUT2D eigenvalue weighted by Crippen LogP contribution is -2.52. The Balaban J connectivity index is 2.65. The summed E-state index contributed by atoms with van der Waals surface area (Å²) >= 11 is 10.8. The van der Waals surface area contributed by atoms with Crippen molar-refractivity contribution in [1.29, 1.82) is 0 Å². The molecule has 0 spiro atoms. The quantitative estimate of drug-likeness (QED) is 0.0617. The maximum atomic E-state index is 13.8. The fraction of sp³-hybridized carbons (Fsp3) is 0.438. The van der Waals surface area contributed by atoms with E-state index >= 15 is 0 Å². The predicted molar refractivity (Wildman–Crippen MR) is 260 cm³/mol. The zero-order chi connectivity index (χ0) is 43.9. The first-order chi connectivity index (χ1) is 27.5. The van der Waals surface area contributed by atoms with Crippen LogP contribution in [-0.2, 0) is 9.59 Å². The molecule has 322 valence electrons.